The number of hydrogen-bond acceptors (Lipinski definition) is 8. The smallest absolute Gasteiger partial charge is 0.268 e. The SMILES string of the molecule is CCS(=O)(=O)c1nsc(NC(=O)/C(C#N)=C\c2cn(CCOc3ccccc3)c3ccccc23)n1. The number of benzene rings is 2. The summed E-state index contributed by atoms with van der Waals surface area (Å²) < 4.78 is 35.4. The van der Waals surface area contributed by atoms with E-state index in [2.05, 4.69) is 14.7 Å². The second-order valence-corrected chi connectivity index (χ2v) is 10.3. The molecule has 0 fully saturated rings. The van der Waals surface area contributed by atoms with E-state index in [-0.39, 0.29) is 21.6 Å². The van der Waals surface area contributed by atoms with Gasteiger partial charge in [0.05, 0.1) is 12.3 Å². The Kier molecular flexibility index (Phi) is 7.24. The molecule has 0 unspecified atom stereocenters. The lowest BCUT2D eigenvalue weighted by Crippen LogP contribution is -2.13. The number of nitrogens with zero attached hydrogens (tertiary/aromatic N) is 4. The maximum atomic E-state index is 12.7. The van der Waals surface area contributed by atoms with Crippen LogP contribution in [0.25, 0.3) is 17.0 Å². The van der Waals surface area contributed by atoms with E-state index in [9.17, 15) is 18.5 Å². The highest BCUT2D eigenvalue weighted by Crippen LogP contribution is 2.24. The molecule has 178 valence electrons. The predicted molar refractivity (Wildman–Crippen MR) is 134 cm³/mol. The monoisotopic (exact) mass is 507 g/mol. The molecular formula is C24H21N5O4S2. The number of carbonyl (C=O) groups excluding carboxylic acids is 1. The first kappa shape index (κ1) is 24.1. The van der Waals surface area contributed by atoms with E-state index >= 15 is 0 Å². The van der Waals surface area contributed by atoms with E-state index in [4.69, 9.17) is 4.74 Å². The van der Waals surface area contributed by atoms with Crippen molar-refractivity contribution >= 4 is 49.4 Å². The van der Waals surface area contributed by atoms with Crippen molar-refractivity contribution in [2.24, 2.45) is 0 Å². The minimum Gasteiger partial charge on any atom is -0.492 e. The van der Waals surface area contributed by atoms with Gasteiger partial charge >= 0.3 is 0 Å². The Hall–Kier alpha value is -4.01. The third-order valence-electron chi connectivity index (χ3n) is 5.11. The van der Waals surface area contributed by atoms with E-state index in [1.807, 2.05) is 71.4 Å². The van der Waals surface area contributed by atoms with Gasteiger partial charge in [0.25, 0.3) is 11.1 Å². The number of sulfone groups is 1. The van der Waals surface area contributed by atoms with Crippen molar-refractivity contribution in [3.05, 3.63) is 71.9 Å². The Balaban J connectivity index is 1.54. The number of nitrogens with one attached hydrogen (secondary N) is 1. The number of para-hydroxylation sites is 2. The zero-order chi connectivity index (χ0) is 24.8. The number of fused-ring (bicyclic) bond motifs is 1. The molecule has 2 aromatic carbocycles. The van der Waals surface area contributed by atoms with Gasteiger partial charge in [-0.15, -0.1) is 0 Å². The first-order valence-corrected chi connectivity index (χ1v) is 13.1. The second-order valence-electron chi connectivity index (χ2n) is 7.37. The van der Waals surface area contributed by atoms with Gasteiger partial charge in [-0.05, 0) is 24.3 Å². The number of hydrogen-bond donors (Lipinski definition) is 1. The minimum atomic E-state index is -3.59. The highest BCUT2D eigenvalue weighted by atomic mass is 32.2. The maximum absolute atomic E-state index is 12.7. The van der Waals surface area contributed by atoms with Gasteiger partial charge in [0, 0.05) is 34.2 Å². The van der Waals surface area contributed by atoms with Crippen molar-refractivity contribution in [2.75, 3.05) is 17.7 Å². The lowest BCUT2D eigenvalue weighted by molar-refractivity contribution is -0.112. The van der Waals surface area contributed by atoms with Crippen LogP contribution in [0.2, 0.25) is 0 Å². The van der Waals surface area contributed by atoms with Crippen molar-refractivity contribution in [1.82, 2.24) is 13.9 Å². The topological polar surface area (TPSA) is 127 Å². The molecule has 4 aromatic rings. The van der Waals surface area contributed by atoms with Gasteiger partial charge in [-0.3, -0.25) is 10.1 Å². The van der Waals surface area contributed by atoms with E-state index in [0.717, 1.165) is 28.2 Å². The van der Waals surface area contributed by atoms with Crippen molar-refractivity contribution < 1.29 is 17.9 Å². The van der Waals surface area contributed by atoms with Crippen LogP contribution in [0.4, 0.5) is 5.13 Å². The van der Waals surface area contributed by atoms with E-state index in [1.54, 1.807) is 0 Å². The van der Waals surface area contributed by atoms with Crippen LogP contribution in [-0.4, -0.2) is 40.6 Å². The summed E-state index contributed by atoms with van der Waals surface area (Å²) in [5, 5.41) is 12.6. The highest BCUT2D eigenvalue weighted by molar-refractivity contribution is 7.91. The molecule has 4 rings (SSSR count). The first-order chi connectivity index (χ1) is 16.9. The van der Waals surface area contributed by atoms with Gasteiger partial charge in [-0.1, -0.05) is 43.3 Å². The molecule has 0 aliphatic carbocycles. The van der Waals surface area contributed by atoms with Crippen LogP contribution in [0.3, 0.4) is 0 Å². The number of anilines is 1. The third kappa shape index (κ3) is 5.56. The fourth-order valence-electron chi connectivity index (χ4n) is 3.34. The highest BCUT2D eigenvalue weighted by Gasteiger charge is 2.20. The molecule has 1 amide bonds. The van der Waals surface area contributed by atoms with Crippen LogP contribution in [0.1, 0.15) is 12.5 Å². The van der Waals surface area contributed by atoms with E-state index in [0.29, 0.717) is 18.7 Å². The minimum absolute atomic E-state index is 0.00339. The molecule has 11 heteroatoms. The van der Waals surface area contributed by atoms with Crippen molar-refractivity contribution in [3.63, 3.8) is 0 Å². The van der Waals surface area contributed by atoms with Gasteiger partial charge in [0.15, 0.2) is 0 Å². The third-order valence-corrected chi connectivity index (χ3v) is 7.36. The lowest BCUT2D eigenvalue weighted by Gasteiger charge is -2.08. The molecule has 35 heavy (non-hydrogen) atoms. The molecule has 0 bridgehead atoms. The van der Waals surface area contributed by atoms with Crippen LogP contribution in [0.5, 0.6) is 5.75 Å². The van der Waals surface area contributed by atoms with E-state index in [1.165, 1.54) is 13.0 Å². The Labute approximate surface area is 206 Å². The molecule has 9 nitrogen and oxygen atoms in total. The Bertz CT molecular complexity index is 1530. The number of nitriles is 1. The Morgan fingerprint density at radius 2 is 1.94 bits per heavy atom. The lowest BCUT2D eigenvalue weighted by atomic mass is 10.1. The van der Waals surface area contributed by atoms with E-state index < -0.39 is 15.7 Å². The first-order valence-electron chi connectivity index (χ1n) is 10.7. The molecule has 0 spiro atoms. The summed E-state index contributed by atoms with van der Waals surface area (Å²) in [6.45, 7) is 2.49. The fourth-order valence-corrected chi connectivity index (χ4v) is 4.92. The van der Waals surface area contributed by atoms with Crippen LogP contribution in [0.15, 0.2) is 71.5 Å². The summed E-state index contributed by atoms with van der Waals surface area (Å²) in [6, 6.07) is 19.1. The number of ether oxygens (including phenoxy) is 1. The molecule has 2 aromatic heterocycles. The standard InChI is InChI=1S/C24H21N5O4S2/c1-2-35(31,32)24-27-23(34-28-24)26-22(30)17(15-25)14-18-16-29(21-11-7-6-10-20(18)21)12-13-33-19-8-4-3-5-9-19/h3-11,14,16H,2,12-13H2,1H3,(H,26,27,28,30)/b17-14-. The van der Waals surface area contributed by atoms with Crippen LogP contribution in [-0.2, 0) is 21.2 Å². The maximum Gasteiger partial charge on any atom is 0.268 e. The van der Waals surface area contributed by atoms with Crippen LogP contribution >= 0.6 is 11.5 Å². The van der Waals surface area contributed by atoms with Crippen molar-refractivity contribution in [1.29, 1.82) is 5.26 Å². The Morgan fingerprint density at radius 1 is 1.20 bits per heavy atom. The Morgan fingerprint density at radius 3 is 2.69 bits per heavy atom. The second kappa shape index (κ2) is 10.5. The summed E-state index contributed by atoms with van der Waals surface area (Å²) in [4.78, 5) is 16.6. The van der Waals surface area contributed by atoms with Crippen molar-refractivity contribution in [3.8, 4) is 11.8 Å². The van der Waals surface area contributed by atoms with Crippen molar-refractivity contribution in [2.45, 2.75) is 18.6 Å². The van der Waals surface area contributed by atoms with Crippen LogP contribution in [0, 0.1) is 11.3 Å². The van der Waals surface area contributed by atoms with Gasteiger partial charge in [0.1, 0.15) is 24.0 Å². The predicted octanol–water partition coefficient (Wildman–Crippen LogP) is 3.91. The average molecular weight is 508 g/mol. The summed E-state index contributed by atoms with van der Waals surface area (Å²) >= 11 is 0.741. The molecule has 0 aliphatic rings. The summed E-state index contributed by atoms with van der Waals surface area (Å²) in [7, 11) is -3.59. The van der Waals surface area contributed by atoms with Gasteiger partial charge in [0.2, 0.25) is 15.0 Å². The molecule has 1 N–H and O–H groups in total. The number of aromatic nitrogens is 3. The molecule has 0 aliphatic heterocycles. The summed E-state index contributed by atoms with van der Waals surface area (Å²) in [6.07, 6.45) is 3.36. The largest absolute Gasteiger partial charge is 0.492 e. The molecular weight excluding hydrogens is 486 g/mol. The normalized spacial score (nSPS) is 11.8. The summed E-state index contributed by atoms with van der Waals surface area (Å²) in [5.74, 6) is -0.0755. The van der Waals surface area contributed by atoms with Gasteiger partial charge in [-0.2, -0.15) is 14.6 Å². The zero-order valence-electron chi connectivity index (χ0n) is 18.7. The molecule has 2 heterocycles. The summed E-state index contributed by atoms with van der Waals surface area (Å²) in [5.41, 5.74) is 1.48. The zero-order valence-corrected chi connectivity index (χ0v) is 20.3. The molecule has 0 saturated carbocycles. The number of amides is 1. The van der Waals surface area contributed by atoms with Crippen LogP contribution < -0.4 is 10.1 Å². The quantitative estimate of drug-likeness (QED) is 0.269. The molecule has 0 radical (unpaired) electrons. The fraction of sp³-hybridized carbons (Fsp3) is 0.167. The van der Waals surface area contributed by atoms with Gasteiger partial charge < -0.3 is 9.30 Å². The molecule has 0 atom stereocenters. The number of carbonyl (C=O) groups is 1. The number of rotatable bonds is 9. The molecule has 0 saturated heterocycles. The van der Waals surface area contributed by atoms with Gasteiger partial charge in [-0.25, -0.2) is 8.42 Å². The average Bonchev–Trinajstić information content (AvgIpc) is 3.48.